The van der Waals surface area contributed by atoms with E-state index in [-0.39, 0.29) is 11.8 Å². The van der Waals surface area contributed by atoms with Crippen molar-refractivity contribution < 1.29 is 19.5 Å². The highest BCUT2D eigenvalue weighted by atomic mass is 16.4. The molecule has 1 saturated heterocycles. The van der Waals surface area contributed by atoms with E-state index in [1.807, 2.05) is 36.1 Å². The van der Waals surface area contributed by atoms with E-state index in [2.05, 4.69) is 16.7 Å². The fraction of sp³-hybridized carbons (Fsp3) is 0.385. The standard InChI is InChI=1S/C26H30N4O4/c1-16(2)23(25(32)33)29-26(34)28-22-14-21(7-4-17(22)3)24(31)30-12-10-20(11-13-30)19-8-5-18(15-27)6-9-19/h4-9,14,16,20,23H,10-13H2,1-3H3,(H,32,33)(H2,28,29,34)/t23-/m0/s1. The van der Waals surface area contributed by atoms with Crippen LogP contribution in [0.1, 0.15) is 59.7 Å². The van der Waals surface area contributed by atoms with Crippen LogP contribution < -0.4 is 10.6 Å². The van der Waals surface area contributed by atoms with E-state index in [1.54, 1.807) is 32.0 Å². The lowest BCUT2D eigenvalue weighted by Crippen LogP contribution is -2.46. The van der Waals surface area contributed by atoms with Crippen molar-refractivity contribution >= 4 is 23.6 Å². The van der Waals surface area contributed by atoms with Crippen LogP contribution in [0.15, 0.2) is 42.5 Å². The summed E-state index contributed by atoms with van der Waals surface area (Å²) >= 11 is 0. The van der Waals surface area contributed by atoms with Crippen LogP contribution in [0.4, 0.5) is 10.5 Å². The number of rotatable bonds is 6. The van der Waals surface area contributed by atoms with Crippen molar-refractivity contribution in [2.45, 2.75) is 45.6 Å². The molecule has 0 saturated carbocycles. The molecule has 1 aliphatic rings. The van der Waals surface area contributed by atoms with Gasteiger partial charge in [0.25, 0.3) is 5.91 Å². The number of hydrogen-bond donors (Lipinski definition) is 3. The van der Waals surface area contributed by atoms with Gasteiger partial charge in [0.15, 0.2) is 0 Å². The van der Waals surface area contributed by atoms with Gasteiger partial charge in [-0.15, -0.1) is 0 Å². The minimum Gasteiger partial charge on any atom is -0.480 e. The molecule has 0 radical (unpaired) electrons. The van der Waals surface area contributed by atoms with E-state index in [0.29, 0.717) is 35.8 Å². The van der Waals surface area contributed by atoms with E-state index in [4.69, 9.17) is 5.26 Å². The molecule has 1 heterocycles. The van der Waals surface area contributed by atoms with E-state index < -0.39 is 18.0 Å². The van der Waals surface area contributed by atoms with Crippen LogP contribution in [0.5, 0.6) is 0 Å². The summed E-state index contributed by atoms with van der Waals surface area (Å²) in [6.07, 6.45) is 1.67. The van der Waals surface area contributed by atoms with Crippen LogP contribution in [0.25, 0.3) is 0 Å². The molecule has 2 aromatic rings. The van der Waals surface area contributed by atoms with E-state index in [1.165, 1.54) is 5.56 Å². The molecule has 1 aliphatic heterocycles. The number of nitrogens with one attached hydrogen (secondary N) is 2. The van der Waals surface area contributed by atoms with Crippen LogP contribution >= 0.6 is 0 Å². The van der Waals surface area contributed by atoms with Crippen molar-refractivity contribution in [3.63, 3.8) is 0 Å². The zero-order chi connectivity index (χ0) is 24.8. The number of nitriles is 1. The number of benzene rings is 2. The normalized spacial score (nSPS) is 14.9. The SMILES string of the molecule is Cc1ccc(C(=O)N2CCC(c3ccc(C#N)cc3)CC2)cc1NC(=O)N[C@H](C(=O)O)C(C)C. The van der Waals surface area contributed by atoms with Gasteiger partial charge in [0.05, 0.1) is 11.6 Å². The third-order valence-corrected chi connectivity index (χ3v) is 6.25. The fourth-order valence-corrected chi connectivity index (χ4v) is 4.13. The zero-order valence-electron chi connectivity index (χ0n) is 19.7. The van der Waals surface area contributed by atoms with Gasteiger partial charge in [-0.25, -0.2) is 9.59 Å². The van der Waals surface area contributed by atoms with E-state index >= 15 is 0 Å². The summed E-state index contributed by atoms with van der Waals surface area (Å²) in [6, 6.07) is 13.2. The van der Waals surface area contributed by atoms with Crippen LogP contribution in [0.2, 0.25) is 0 Å². The molecule has 0 aliphatic carbocycles. The average Bonchev–Trinajstić information content (AvgIpc) is 2.83. The van der Waals surface area contributed by atoms with E-state index in [0.717, 1.165) is 18.4 Å². The van der Waals surface area contributed by atoms with Gasteiger partial charge in [0.2, 0.25) is 0 Å². The lowest BCUT2D eigenvalue weighted by atomic mass is 9.89. The summed E-state index contributed by atoms with van der Waals surface area (Å²) in [4.78, 5) is 38.7. The predicted molar refractivity (Wildman–Crippen MR) is 129 cm³/mol. The number of amides is 3. The summed E-state index contributed by atoms with van der Waals surface area (Å²) in [5.74, 6) is -1.13. The van der Waals surface area contributed by atoms with Crippen LogP contribution in [-0.4, -0.2) is 47.0 Å². The van der Waals surface area contributed by atoms with Gasteiger partial charge in [-0.2, -0.15) is 5.26 Å². The molecule has 3 amide bonds. The number of aliphatic carboxylic acids is 1. The van der Waals surface area contributed by atoms with Crippen LogP contribution in [-0.2, 0) is 4.79 Å². The lowest BCUT2D eigenvalue weighted by Gasteiger charge is -2.32. The minimum atomic E-state index is -1.10. The Morgan fingerprint density at radius 1 is 1.09 bits per heavy atom. The largest absolute Gasteiger partial charge is 0.480 e. The number of likely N-dealkylation sites (tertiary alicyclic amines) is 1. The second-order valence-corrected chi connectivity index (χ2v) is 8.99. The third-order valence-electron chi connectivity index (χ3n) is 6.25. The molecule has 8 heteroatoms. The lowest BCUT2D eigenvalue weighted by molar-refractivity contribution is -0.140. The second-order valence-electron chi connectivity index (χ2n) is 8.99. The summed E-state index contributed by atoms with van der Waals surface area (Å²) in [7, 11) is 0. The summed E-state index contributed by atoms with van der Waals surface area (Å²) in [5.41, 5.74) is 3.51. The number of hydrogen-bond acceptors (Lipinski definition) is 4. The van der Waals surface area contributed by atoms with Crippen molar-refractivity contribution in [3.8, 4) is 6.07 Å². The van der Waals surface area contributed by atoms with Crippen molar-refractivity contribution in [1.29, 1.82) is 5.26 Å². The Bertz CT molecular complexity index is 1100. The molecular formula is C26H30N4O4. The summed E-state index contributed by atoms with van der Waals surface area (Å²) < 4.78 is 0. The van der Waals surface area contributed by atoms with Crippen molar-refractivity contribution in [3.05, 3.63) is 64.7 Å². The monoisotopic (exact) mass is 462 g/mol. The number of urea groups is 1. The molecule has 3 N–H and O–H groups in total. The summed E-state index contributed by atoms with van der Waals surface area (Å²) in [6.45, 7) is 6.48. The first-order valence-electron chi connectivity index (χ1n) is 11.4. The Morgan fingerprint density at radius 2 is 1.74 bits per heavy atom. The Hall–Kier alpha value is -3.86. The molecule has 3 rings (SSSR count). The number of nitrogens with zero attached hydrogens (tertiary/aromatic N) is 2. The molecule has 0 bridgehead atoms. The Balaban J connectivity index is 1.63. The maximum Gasteiger partial charge on any atom is 0.326 e. The molecule has 34 heavy (non-hydrogen) atoms. The van der Waals surface area contributed by atoms with Crippen LogP contribution in [0, 0.1) is 24.2 Å². The maximum atomic E-state index is 13.1. The van der Waals surface area contributed by atoms with E-state index in [9.17, 15) is 19.5 Å². The first-order chi connectivity index (χ1) is 16.2. The van der Waals surface area contributed by atoms with Gasteiger partial charge in [0.1, 0.15) is 6.04 Å². The van der Waals surface area contributed by atoms with Gasteiger partial charge in [-0.1, -0.05) is 32.0 Å². The number of piperidine rings is 1. The molecule has 1 fully saturated rings. The van der Waals surface area contributed by atoms with Gasteiger partial charge >= 0.3 is 12.0 Å². The Kier molecular flexibility index (Phi) is 7.90. The molecule has 0 unspecified atom stereocenters. The molecule has 1 atom stereocenters. The number of carboxylic acid groups (broad SMARTS) is 1. The number of carbonyl (C=O) groups is 3. The molecule has 178 valence electrons. The molecular weight excluding hydrogens is 432 g/mol. The number of carbonyl (C=O) groups excluding carboxylic acids is 2. The van der Waals surface area contributed by atoms with Crippen molar-refractivity contribution in [2.75, 3.05) is 18.4 Å². The van der Waals surface area contributed by atoms with Crippen molar-refractivity contribution in [1.82, 2.24) is 10.2 Å². The fourth-order valence-electron chi connectivity index (χ4n) is 4.13. The first kappa shape index (κ1) is 24.8. The number of carboxylic acids is 1. The smallest absolute Gasteiger partial charge is 0.326 e. The molecule has 8 nitrogen and oxygen atoms in total. The quantitative estimate of drug-likeness (QED) is 0.596. The van der Waals surface area contributed by atoms with Gasteiger partial charge in [-0.05, 0) is 67.0 Å². The van der Waals surface area contributed by atoms with Gasteiger partial charge < -0.3 is 20.6 Å². The number of aryl methyl sites for hydroxylation is 1. The summed E-state index contributed by atoms with van der Waals surface area (Å²) in [5, 5.41) is 23.4. The Labute approximate surface area is 199 Å². The average molecular weight is 463 g/mol. The second kappa shape index (κ2) is 10.8. The predicted octanol–water partition coefficient (Wildman–Crippen LogP) is 4.12. The highest BCUT2D eigenvalue weighted by Gasteiger charge is 2.26. The number of anilines is 1. The zero-order valence-corrected chi connectivity index (χ0v) is 19.7. The molecule has 2 aromatic carbocycles. The highest BCUT2D eigenvalue weighted by Crippen LogP contribution is 2.29. The van der Waals surface area contributed by atoms with Crippen molar-refractivity contribution in [2.24, 2.45) is 5.92 Å². The molecule has 0 spiro atoms. The van der Waals surface area contributed by atoms with Gasteiger partial charge in [-0.3, -0.25) is 4.79 Å². The minimum absolute atomic E-state index is 0.104. The van der Waals surface area contributed by atoms with Crippen LogP contribution in [0.3, 0.4) is 0 Å². The third kappa shape index (κ3) is 5.93. The highest BCUT2D eigenvalue weighted by molar-refractivity contribution is 5.98. The maximum absolute atomic E-state index is 13.1. The topological polar surface area (TPSA) is 123 Å². The first-order valence-corrected chi connectivity index (χ1v) is 11.4. The Morgan fingerprint density at radius 3 is 2.29 bits per heavy atom. The van der Waals surface area contributed by atoms with Gasteiger partial charge in [0, 0.05) is 24.3 Å². The molecule has 0 aromatic heterocycles.